The van der Waals surface area contributed by atoms with Gasteiger partial charge in [-0.3, -0.25) is 9.59 Å². The van der Waals surface area contributed by atoms with Gasteiger partial charge in [-0.2, -0.15) is 0 Å². The molecular weight excluding hydrogens is 290 g/mol. The third kappa shape index (κ3) is 6.02. The van der Waals surface area contributed by atoms with Gasteiger partial charge in [-0.25, -0.2) is 0 Å². The number of rotatable bonds is 6. The molecule has 3 N–H and O–H groups in total. The number of hydrogen-bond acceptors (Lipinski definition) is 3. The fourth-order valence-electron chi connectivity index (χ4n) is 2.72. The van der Waals surface area contributed by atoms with Crippen molar-refractivity contribution in [2.24, 2.45) is 0 Å². The zero-order valence-corrected chi connectivity index (χ0v) is 14.0. The highest BCUT2D eigenvalue weighted by atomic mass is 16.2. The van der Waals surface area contributed by atoms with E-state index in [0.29, 0.717) is 17.3 Å². The van der Waals surface area contributed by atoms with E-state index in [1.54, 1.807) is 24.3 Å². The van der Waals surface area contributed by atoms with E-state index in [2.05, 4.69) is 16.0 Å². The second kappa shape index (κ2) is 8.67. The smallest absolute Gasteiger partial charge is 0.251 e. The number of carbonyl (C=O) groups is 2. The largest absolute Gasteiger partial charge is 0.349 e. The summed E-state index contributed by atoms with van der Waals surface area (Å²) in [5.74, 6) is -0.116. The Kier molecular flexibility index (Phi) is 6.59. The number of amides is 2. The molecule has 0 radical (unpaired) electrons. The van der Waals surface area contributed by atoms with Crippen molar-refractivity contribution in [3.8, 4) is 0 Å². The van der Waals surface area contributed by atoms with Gasteiger partial charge < -0.3 is 16.0 Å². The lowest BCUT2D eigenvalue weighted by molar-refractivity contribution is -0.115. The molecule has 23 heavy (non-hydrogen) atoms. The molecule has 0 aliphatic heterocycles. The molecule has 5 nitrogen and oxygen atoms in total. The maximum Gasteiger partial charge on any atom is 0.251 e. The van der Waals surface area contributed by atoms with Gasteiger partial charge in [-0.1, -0.05) is 33.1 Å². The third-order valence-corrected chi connectivity index (χ3v) is 4.04. The van der Waals surface area contributed by atoms with Gasteiger partial charge >= 0.3 is 0 Å². The first-order valence-electron chi connectivity index (χ1n) is 8.49. The monoisotopic (exact) mass is 317 g/mol. The predicted molar refractivity (Wildman–Crippen MR) is 92.5 cm³/mol. The summed E-state index contributed by atoms with van der Waals surface area (Å²) < 4.78 is 0. The van der Waals surface area contributed by atoms with Crippen LogP contribution in [0.4, 0.5) is 5.69 Å². The van der Waals surface area contributed by atoms with Crippen molar-refractivity contribution >= 4 is 17.5 Å². The standard InChI is InChI=1S/C18H27N3O2/c1-13(2)19-12-17(22)20-16-10-8-14(9-11-16)18(23)21-15-6-4-3-5-7-15/h8-11,13,15,19H,3-7,12H2,1-2H3,(H,20,22)(H,21,23). The lowest BCUT2D eigenvalue weighted by Gasteiger charge is -2.22. The van der Waals surface area contributed by atoms with Gasteiger partial charge in [0, 0.05) is 23.3 Å². The van der Waals surface area contributed by atoms with Crippen LogP contribution < -0.4 is 16.0 Å². The minimum absolute atomic E-state index is 0.0312. The Morgan fingerprint density at radius 1 is 1.09 bits per heavy atom. The summed E-state index contributed by atoms with van der Waals surface area (Å²) >= 11 is 0. The Balaban J connectivity index is 1.83. The lowest BCUT2D eigenvalue weighted by Crippen LogP contribution is -2.36. The molecule has 126 valence electrons. The second-order valence-corrected chi connectivity index (χ2v) is 6.47. The minimum atomic E-state index is -0.0851. The Morgan fingerprint density at radius 2 is 1.74 bits per heavy atom. The fraction of sp³-hybridized carbons (Fsp3) is 0.556. The summed E-state index contributed by atoms with van der Waals surface area (Å²) in [6.45, 7) is 4.27. The molecule has 0 bridgehead atoms. The van der Waals surface area contributed by atoms with Crippen LogP contribution in [0.5, 0.6) is 0 Å². The average molecular weight is 317 g/mol. The number of anilines is 1. The molecule has 0 unspecified atom stereocenters. The first kappa shape index (κ1) is 17.5. The Morgan fingerprint density at radius 3 is 2.35 bits per heavy atom. The van der Waals surface area contributed by atoms with Crippen LogP contribution in [0.3, 0.4) is 0 Å². The molecular formula is C18H27N3O2. The van der Waals surface area contributed by atoms with Crippen molar-refractivity contribution < 1.29 is 9.59 Å². The summed E-state index contributed by atoms with van der Waals surface area (Å²) in [6, 6.07) is 7.61. The molecule has 1 saturated carbocycles. The number of carbonyl (C=O) groups excluding carboxylic acids is 2. The van der Waals surface area contributed by atoms with Crippen molar-refractivity contribution in [1.29, 1.82) is 0 Å². The highest BCUT2D eigenvalue weighted by Crippen LogP contribution is 2.18. The van der Waals surface area contributed by atoms with Gasteiger partial charge in [0.25, 0.3) is 5.91 Å². The summed E-state index contributed by atoms with van der Waals surface area (Å²) in [4.78, 5) is 24.0. The van der Waals surface area contributed by atoms with Gasteiger partial charge in [-0.05, 0) is 37.1 Å². The van der Waals surface area contributed by atoms with Crippen molar-refractivity contribution in [3.05, 3.63) is 29.8 Å². The zero-order chi connectivity index (χ0) is 16.7. The minimum Gasteiger partial charge on any atom is -0.349 e. The van der Waals surface area contributed by atoms with Crippen molar-refractivity contribution in [2.75, 3.05) is 11.9 Å². The van der Waals surface area contributed by atoms with Crippen molar-refractivity contribution in [1.82, 2.24) is 10.6 Å². The van der Waals surface area contributed by atoms with Crippen LogP contribution in [-0.2, 0) is 4.79 Å². The summed E-state index contributed by atoms with van der Waals surface area (Å²) in [5.41, 5.74) is 1.34. The van der Waals surface area contributed by atoms with E-state index in [9.17, 15) is 9.59 Å². The van der Waals surface area contributed by atoms with Crippen molar-refractivity contribution in [2.45, 2.75) is 58.0 Å². The number of hydrogen-bond donors (Lipinski definition) is 3. The summed E-state index contributed by atoms with van der Waals surface area (Å²) in [5, 5.41) is 8.97. The van der Waals surface area contributed by atoms with Gasteiger partial charge in [0.05, 0.1) is 6.54 Å². The molecule has 5 heteroatoms. The molecule has 0 spiro atoms. The van der Waals surface area contributed by atoms with E-state index < -0.39 is 0 Å². The van der Waals surface area contributed by atoms with Gasteiger partial charge in [0.2, 0.25) is 5.91 Å². The molecule has 2 amide bonds. The maximum absolute atomic E-state index is 12.2. The highest BCUT2D eigenvalue weighted by molar-refractivity contribution is 5.96. The van der Waals surface area contributed by atoms with E-state index in [4.69, 9.17) is 0 Å². The van der Waals surface area contributed by atoms with Crippen LogP contribution in [0.15, 0.2) is 24.3 Å². The topological polar surface area (TPSA) is 70.2 Å². The molecule has 1 aliphatic rings. The third-order valence-electron chi connectivity index (χ3n) is 4.04. The lowest BCUT2D eigenvalue weighted by atomic mass is 9.95. The number of nitrogens with one attached hydrogen (secondary N) is 3. The molecule has 1 fully saturated rings. The molecule has 0 atom stereocenters. The fourth-order valence-corrected chi connectivity index (χ4v) is 2.72. The first-order chi connectivity index (χ1) is 11.0. The van der Waals surface area contributed by atoms with Crippen LogP contribution in [0.25, 0.3) is 0 Å². The second-order valence-electron chi connectivity index (χ2n) is 6.47. The molecule has 0 heterocycles. The zero-order valence-electron chi connectivity index (χ0n) is 14.0. The molecule has 2 rings (SSSR count). The van der Waals surface area contributed by atoms with E-state index in [1.165, 1.54) is 19.3 Å². The van der Waals surface area contributed by atoms with E-state index in [0.717, 1.165) is 12.8 Å². The first-order valence-corrected chi connectivity index (χ1v) is 8.49. The van der Waals surface area contributed by atoms with Crippen molar-refractivity contribution in [3.63, 3.8) is 0 Å². The van der Waals surface area contributed by atoms with Crippen LogP contribution in [0, 0.1) is 0 Å². The van der Waals surface area contributed by atoms with E-state index in [-0.39, 0.29) is 24.4 Å². The van der Waals surface area contributed by atoms with Crippen LogP contribution >= 0.6 is 0 Å². The molecule has 0 saturated heterocycles. The van der Waals surface area contributed by atoms with Crippen LogP contribution in [-0.4, -0.2) is 30.4 Å². The molecule has 1 aliphatic carbocycles. The van der Waals surface area contributed by atoms with E-state index >= 15 is 0 Å². The Hall–Kier alpha value is -1.88. The quantitative estimate of drug-likeness (QED) is 0.755. The predicted octanol–water partition coefficient (Wildman–Crippen LogP) is 2.69. The van der Waals surface area contributed by atoms with E-state index in [1.807, 2.05) is 13.8 Å². The van der Waals surface area contributed by atoms with Gasteiger partial charge in [-0.15, -0.1) is 0 Å². The van der Waals surface area contributed by atoms with Crippen LogP contribution in [0.1, 0.15) is 56.3 Å². The van der Waals surface area contributed by atoms with Gasteiger partial charge in [0.1, 0.15) is 0 Å². The van der Waals surface area contributed by atoms with Crippen LogP contribution in [0.2, 0.25) is 0 Å². The average Bonchev–Trinajstić information content (AvgIpc) is 2.54. The Labute approximate surface area is 138 Å². The molecule has 1 aromatic carbocycles. The molecule has 1 aromatic rings. The SMILES string of the molecule is CC(C)NCC(=O)Nc1ccc(C(=O)NC2CCCCC2)cc1. The number of benzene rings is 1. The summed E-state index contributed by atoms with van der Waals surface area (Å²) in [7, 11) is 0. The Bertz CT molecular complexity index is 520. The van der Waals surface area contributed by atoms with Gasteiger partial charge in [0.15, 0.2) is 0 Å². The normalized spacial score (nSPS) is 15.4. The molecule has 0 aromatic heterocycles. The summed E-state index contributed by atoms with van der Waals surface area (Å²) in [6.07, 6.45) is 5.80. The highest BCUT2D eigenvalue weighted by Gasteiger charge is 2.16. The maximum atomic E-state index is 12.2.